The van der Waals surface area contributed by atoms with Crippen molar-refractivity contribution in [3.63, 3.8) is 0 Å². The molecule has 0 unspecified atom stereocenters. The van der Waals surface area contributed by atoms with Crippen molar-refractivity contribution in [3.05, 3.63) is 36.8 Å². The van der Waals surface area contributed by atoms with Crippen molar-refractivity contribution in [2.24, 2.45) is 0 Å². The van der Waals surface area contributed by atoms with Crippen molar-refractivity contribution < 1.29 is 14.3 Å². The Balaban J connectivity index is 2.09. The summed E-state index contributed by atoms with van der Waals surface area (Å²) in [5.41, 5.74) is 2.83. The molecule has 118 valence electrons. The van der Waals surface area contributed by atoms with Gasteiger partial charge in [-0.05, 0) is 12.1 Å². The maximum Gasteiger partial charge on any atom is 0.258 e. The predicted octanol–water partition coefficient (Wildman–Crippen LogP) is 2.37. The Morgan fingerprint density at radius 2 is 2.09 bits per heavy atom. The van der Waals surface area contributed by atoms with E-state index in [0.29, 0.717) is 23.0 Å². The van der Waals surface area contributed by atoms with Crippen molar-refractivity contribution in [1.82, 2.24) is 14.4 Å². The molecule has 2 heterocycles. The lowest BCUT2D eigenvalue weighted by Crippen LogP contribution is -2.05. The summed E-state index contributed by atoms with van der Waals surface area (Å²) < 4.78 is 12.5. The second-order valence-corrected chi connectivity index (χ2v) is 4.89. The highest BCUT2D eigenvalue weighted by Gasteiger charge is 2.13. The number of aromatic nitrogens is 3. The molecular formula is C16H16N4O3. The Hall–Kier alpha value is -3.09. The average Bonchev–Trinajstić information content (AvgIpc) is 2.97. The number of anilines is 1. The first kappa shape index (κ1) is 14.8. The number of amides is 1. The molecule has 0 radical (unpaired) electrons. The SMILES string of the molecule is COc1cc(NC(C)=O)ccc1-c1cn2ccnc(OC)c2n1. The van der Waals surface area contributed by atoms with E-state index < -0.39 is 0 Å². The number of nitrogens with one attached hydrogen (secondary N) is 1. The molecule has 7 heteroatoms. The molecule has 0 aliphatic rings. The van der Waals surface area contributed by atoms with Crippen molar-refractivity contribution in [2.75, 3.05) is 19.5 Å². The zero-order chi connectivity index (χ0) is 16.4. The van der Waals surface area contributed by atoms with Crippen molar-refractivity contribution in [2.45, 2.75) is 6.92 Å². The number of imidazole rings is 1. The molecule has 23 heavy (non-hydrogen) atoms. The van der Waals surface area contributed by atoms with E-state index in [1.54, 1.807) is 38.7 Å². The fraction of sp³-hybridized carbons (Fsp3) is 0.188. The van der Waals surface area contributed by atoms with Crippen LogP contribution in [-0.2, 0) is 4.79 Å². The van der Waals surface area contributed by atoms with Gasteiger partial charge in [-0.25, -0.2) is 9.97 Å². The van der Waals surface area contributed by atoms with E-state index in [1.807, 2.05) is 16.7 Å². The molecule has 1 aromatic carbocycles. The van der Waals surface area contributed by atoms with Gasteiger partial charge in [-0.1, -0.05) is 0 Å². The van der Waals surface area contributed by atoms with Gasteiger partial charge in [0.2, 0.25) is 11.6 Å². The summed E-state index contributed by atoms with van der Waals surface area (Å²) in [7, 11) is 3.13. The smallest absolute Gasteiger partial charge is 0.258 e. The number of ether oxygens (including phenoxy) is 2. The largest absolute Gasteiger partial charge is 0.496 e. The topological polar surface area (TPSA) is 77.8 Å². The molecule has 0 aliphatic heterocycles. The molecule has 0 fully saturated rings. The Labute approximate surface area is 132 Å². The summed E-state index contributed by atoms with van der Waals surface area (Å²) in [6, 6.07) is 5.42. The van der Waals surface area contributed by atoms with Gasteiger partial charge < -0.3 is 19.2 Å². The summed E-state index contributed by atoms with van der Waals surface area (Å²) in [5.74, 6) is 0.933. The van der Waals surface area contributed by atoms with Gasteiger partial charge in [0.25, 0.3) is 5.88 Å². The van der Waals surface area contributed by atoms with E-state index in [1.165, 1.54) is 6.92 Å². The summed E-state index contributed by atoms with van der Waals surface area (Å²) >= 11 is 0. The van der Waals surface area contributed by atoms with Gasteiger partial charge in [-0.2, -0.15) is 0 Å². The highest BCUT2D eigenvalue weighted by molar-refractivity contribution is 5.89. The third-order valence-electron chi connectivity index (χ3n) is 3.33. The lowest BCUT2D eigenvalue weighted by atomic mass is 10.1. The second kappa shape index (κ2) is 5.96. The minimum Gasteiger partial charge on any atom is -0.496 e. The Kier molecular flexibility index (Phi) is 3.84. The lowest BCUT2D eigenvalue weighted by molar-refractivity contribution is -0.114. The van der Waals surface area contributed by atoms with E-state index in [9.17, 15) is 4.79 Å². The highest BCUT2D eigenvalue weighted by atomic mass is 16.5. The molecule has 1 amide bonds. The van der Waals surface area contributed by atoms with E-state index >= 15 is 0 Å². The quantitative estimate of drug-likeness (QED) is 0.800. The van der Waals surface area contributed by atoms with Crippen molar-refractivity contribution in [1.29, 1.82) is 0 Å². The van der Waals surface area contributed by atoms with E-state index in [-0.39, 0.29) is 5.91 Å². The molecule has 2 aromatic heterocycles. The average molecular weight is 312 g/mol. The van der Waals surface area contributed by atoms with Gasteiger partial charge in [0.05, 0.1) is 19.9 Å². The Bertz CT molecular complexity index is 873. The predicted molar refractivity (Wildman–Crippen MR) is 85.8 cm³/mol. The number of hydrogen-bond donors (Lipinski definition) is 1. The van der Waals surface area contributed by atoms with Gasteiger partial charge in [0.1, 0.15) is 5.75 Å². The van der Waals surface area contributed by atoms with Crippen LogP contribution < -0.4 is 14.8 Å². The maximum absolute atomic E-state index is 11.2. The number of nitrogens with zero attached hydrogens (tertiary/aromatic N) is 3. The molecule has 0 saturated heterocycles. The lowest BCUT2D eigenvalue weighted by Gasteiger charge is -2.09. The van der Waals surface area contributed by atoms with Gasteiger partial charge in [0, 0.05) is 42.8 Å². The highest BCUT2D eigenvalue weighted by Crippen LogP contribution is 2.32. The molecule has 0 atom stereocenters. The number of hydrogen-bond acceptors (Lipinski definition) is 5. The minimum atomic E-state index is -0.136. The first-order chi connectivity index (χ1) is 11.1. The number of carbonyl (C=O) groups is 1. The molecule has 3 aromatic rings. The van der Waals surface area contributed by atoms with Crippen LogP contribution >= 0.6 is 0 Å². The number of fused-ring (bicyclic) bond motifs is 1. The molecule has 1 N–H and O–H groups in total. The van der Waals surface area contributed by atoms with Gasteiger partial charge in [-0.15, -0.1) is 0 Å². The molecule has 0 aliphatic carbocycles. The van der Waals surface area contributed by atoms with Gasteiger partial charge in [0.15, 0.2) is 0 Å². The van der Waals surface area contributed by atoms with E-state index in [2.05, 4.69) is 15.3 Å². The number of methoxy groups -OCH3 is 2. The van der Waals surface area contributed by atoms with Crippen LogP contribution in [0.25, 0.3) is 16.9 Å². The van der Waals surface area contributed by atoms with Crippen molar-refractivity contribution >= 4 is 17.2 Å². The fourth-order valence-corrected chi connectivity index (χ4v) is 2.35. The number of carbonyl (C=O) groups excluding carboxylic acids is 1. The minimum absolute atomic E-state index is 0.136. The third kappa shape index (κ3) is 2.80. The summed E-state index contributed by atoms with van der Waals surface area (Å²) in [6.07, 6.45) is 5.32. The van der Waals surface area contributed by atoms with Crippen LogP contribution in [-0.4, -0.2) is 34.5 Å². The Morgan fingerprint density at radius 3 is 2.78 bits per heavy atom. The molecule has 0 bridgehead atoms. The van der Waals surface area contributed by atoms with Crippen LogP contribution in [0.15, 0.2) is 36.8 Å². The van der Waals surface area contributed by atoms with Crippen LogP contribution in [0.2, 0.25) is 0 Å². The second-order valence-electron chi connectivity index (χ2n) is 4.89. The van der Waals surface area contributed by atoms with Crippen LogP contribution in [0.1, 0.15) is 6.92 Å². The standard InChI is InChI=1S/C16H16N4O3/c1-10(21)18-11-4-5-12(14(8-11)22-2)13-9-20-7-6-17-16(23-3)15(20)19-13/h4-9H,1-3H3,(H,18,21). The van der Waals surface area contributed by atoms with E-state index in [0.717, 1.165) is 11.3 Å². The molecular weight excluding hydrogens is 296 g/mol. The molecule has 0 saturated carbocycles. The van der Waals surface area contributed by atoms with E-state index in [4.69, 9.17) is 9.47 Å². The first-order valence-corrected chi connectivity index (χ1v) is 6.96. The zero-order valence-electron chi connectivity index (χ0n) is 13.0. The van der Waals surface area contributed by atoms with Crippen molar-refractivity contribution in [3.8, 4) is 22.9 Å². The van der Waals surface area contributed by atoms with Crippen LogP contribution in [0.4, 0.5) is 5.69 Å². The van der Waals surface area contributed by atoms with Gasteiger partial charge in [-0.3, -0.25) is 4.79 Å². The Morgan fingerprint density at radius 1 is 1.26 bits per heavy atom. The summed E-state index contributed by atoms with van der Waals surface area (Å²) in [6.45, 7) is 1.46. The maximum atomic E-state index is 11.2. The molecule has 7 nitrogen and oxygen atoms in total. The van der Waals surface area contributed by atoms with Crippen LogP contribution in [0.5, 0.6) is 11.6 Å². The van der Waals surface area contributed by atoms with Crippen LogP contribution in [0, 0.1) is 0 Å². The zero-order valence-corrected chi connectivity index (χ0v) is 13.0. The van der Waals surface area contributed by atoms with Crippen LogP contribution in [0.3, 0.4) is 0 Å². The monoisotopic (exact) mass is 312 g/mol. The molecule has 3 rings (SSSR count). The third-order valence-corrected chi connectivity index (χ3v) is 3.33. The number of benzene rings is 1. The molecule has 0 spiro atoms. The summed E-state index contributed by atoms with van der Waals surface area (Å²) in [5, 5.41) is 2.73. The first-order valence-electron chi connectivity index (χ1n) is 6.96. The van der Waals surface area contributed by atoms with Gasteiger partial charge >= 0.3 is 0 Å². The summed E-state index contributed by atoms with van der Waals surface area (Å²) in [4.78, 5) is 19.9. The number of rotatable bonds is 4. The normalized spacial score (nSPS) is 10.6. The fourth-order valence-electron chi connectivity index (χ4n) is 2.35.